The van der Waals surface area contributed by atoms with Gasteiger partial charge in [-0.3, -0.25) is 9.48 Å². The molecule has 0 fully saturated rings. The van der Waals surface area contributed by atoms with Gasteiger partial charge in [0.15, 0.2) is 11.5 Å². The molecule has 0 aliphatic carbocycles. The van der Waals surface area contributed by atoms with Gasteiger partial charge in [-0.05, 0) is 29.8 Å². The Morgan fingerprint density at radius 3 is 2.69 bits per heavy atom. The molecule has 3 heterocycles. The molecule has 8 heteroatoms. The van der Waals surface area contributed by atoms with E-state index in [9.17, 15) is 4.79 Å². The van der Waals surface area contributed by atoms with Crippen molar-refractivity contribution in [1.29, 1.82) is 5.26 Å². The number of carbonyl (C=O) groups excluding carboxylic acids is 1. The minimum Gasteiger partial charge on any atom is -0.454 e. The first-order valence-electron chi connectivity index (χ1n) is 11.8. The van der Waals surface area contributed by atoms with Crippen LogP contribution in [0.25, 0.3) is 11.3 Å². The Bertz CT molecular complexity index is 1470. The van der Waals surface area contributed by atoms with E-state index in [1.807, 2.05) is 83.9 Å². The summed E-state index contributed by atoms with van der Waals surface area (Å²) < 4.78 is 12.8. The van der Waals surface area contributed by atoms with Crippen LogP contribution in [0.15, 0.2) is 79.0 Å². The molecule has 0 spiro atoms. The third kappa shape index (κ3) is 3.91. The molecule has 8 nitrogen and oxygen atoms in total. The molecule has 2 aliphatic rings. The van der Waals surface area contributed by atoms with Crippen molar-refractivity contribution in [2.75, 3.05) is 12.1 Å². The van der Waals surface area contributed by atoms with E-state index in [1.54, 1.807) is 4.68 Å². The highest BCUT2D eigenvalue weighted by molar-refractivity contribution is 6.01. The minimum atomic E-state index is -0.469. The number of nitrogens with one attached hydrogen (secondary N) is 1. The quantitative estimate of drug-likeness (QED) is 0.422. The fourth-order valence-corrected chi connectivity index (χ4v) is 4.67. The van der Waals surface area contributed by atoms with Gasteiger partial charge in [0, 0.05) is 29.6 Å². The Balaban J connectivity index is 1.45. The van der Waals surface area contributed by atoms with E-state index in [0.29, 0.717) is 36.6 Å². The summed E-state index contributed by atoms with van der Waals surface area (Å²) in [6, 6.07) is 25.4. The summed E-state index contributed by atoms with van der Waals surface area (Å²) >= 11 is 0. The standard InChI is InChI=1S/C28H23N5O3/c29-13-6-14-32-17-22(26(31-32)20-7-2-1-3-8-20)27-30-23-10-5-4-9-21(23)28(34)33(27)16-19-11-12-24-25(15-19)36-18-35-24/h1-5,7-12,15,17,27,30H,6,14,16,18H2/t27-/m1/s1. The van der Waals surface area contributed by atoms with E-state index in [2.05, 4.69) is 11.4 Å². The van der Waals surface area contributed by atoms with Crippen molar-refractivity contribution in [3.8, 4) is 28.8 Å². The summed E-state index contributed by atoms with van der Waals surface area (Å²) in [7, 11) is 0. The molecule has 0 bridgehead atoms. The van der Waals surface area contributed by atoms with Crippen LogP contribution in [0.2, 0.25) is 0 Å². The Hall–Kier alpha value is -4.77. The van der Waals surface area contributed by atoms with Gasteiger partial charge >= 0.3 is 0 Å². The molecular formula is C28H23N5O3. The molecule has 0 saturated heterocycles. The van der Waals surface area contributed by atoms with E-state index >= 15 is 0 Å². The van der Waals surface area contributed by atoms with Crippen LogP contribution in [0.1, 0.15) is 34.1 Å². The fourth-order valence-electron chi connectivity index (χ4n) is 4.67. The Morgan fingerprint density at radius 1 is 1.03 bits per heavy atom. The maximum absolute atomic E-state index is 13.8. The van der Waals surface area contributed by atoms with Gasteiger partial charge in [-0.2, -0.15) is 10.4 Å². The van der Waals surface area contributed by atoms with Crippen LogP contribution in [0.4, 0.5) is 5.69 Å². The van der Waals surface area contributed by atoms with Gasteiger partial charge in [0.2, 0.25) is 6.79 Å². The number of nitrogens with zero attached hydrogens (tertiary/aromatic N) is 4. The number of hydrogen-bond donors (Lipinski definition) is 1. The number of nitriles is 1. The lowest BCUT2D eigenvalue weighted by Crippen LogP contribution is -2.42. The topological polar surface area (TPSA) is 92.4 Å². The van der Waals surface area contributed by atoms with Crippen LogP contribution in [0, 0.1) is 11.3 Å². The summed E-state index contributed by atoms with van der Waals surface area (Å²) in [6.07, 6.45) is 1.81. The number of aryl methyl sites for hydroxylation is 1. The highest BCUT2D eigenvalue weighted by Gasteiger charge is 2.35. The number of benzene rings is 3. The molecule has 36 heavy (non-hydrogen) atoms. The van der Waals surface area contributed by atoms with Gasteiger partial charge in [0.1, 0.15) is 6.17 Å². The number of ether oxygens (including phenoxy) is 2. The number of carbonyl (C=O) groups is 1. The molecule has 0 saturated carbocycles. The number of aromatic nitrogens is 2. The first kappa shape index (κ1) is 21.7. The van der Waals surface area contributed by atoms with Crippen molar-refractivity contribution in [1.82, 2.24) is 14.7 Å². The molecule has 3 aromatic carbocycles. The number of anilines is 1. The van der Waals surface area contributed by atoms with Gasteiger partial charge in [-0.25, -0.2) is 0 Å². The average molecular weight is 478 g/mol. The lowest BCUT2D eigenvalue weighted by atomic mass is 10.0. The smallest absolute Gasteiger partial charge is 0.258 e. The molecule has 1 atom stereocenters. The zero-order chi connectivity index (χ0) is 24.5. The predicted molar refractivity (Wildman–Crippen MR) is 133 cm³/mol. The number of amides is 1. The first-order chi connectivity index (χ1) is 17.7. The van der Waals surface area contributed by atoms with Crippen LogP contribution in [-0.4, -0.2) is 27.4 Å². The Labute approximate surface area is 208 Å². The summed E-state index contributed by atoms with van der Waals surface area (Å²) in [6.45, 7) is 1.02. The molecule has 6 rings (SSSR count). The minimum absolute atomic E-state index is 0.0733. The number of rotatable bonds is 6. The summed E-state index contributed by atoms with van der Waals surface area (Å²) in [5, 5.41) is 17.5. The lowest BCUT2D eigenvalue weighted by Gasteiger charge is -2.38. The van der Waals surface area contributed by atoms with Crippen molar-refractivity contribution >= 4 is 11.6 Å². The number of hydrogen-bond acceptors (Lipinski definition) is 6. The summed E-state index contributed by atoms with van der Waals surface area (Å²) in [5.41, 5.74) is 4.90. The third-order valence-electron chi connectivity index (χ3n) is 6.40. The van der Waals surface area contributed by atoms with E-state index < -0.39 is 6.17 Å². The van der Waals surface area contributed by atoms with Crippen molar-refractivity contribution in [2.24, 2.45) is 0 Å². The highest BCUT2D eigenvalue weighted by atomic mass is 16.7. The molecule has 1 N–H and O–H groups in total. The molecule has 178 valence electrons. The van der Waals surface area contributed by atoms with E-state index in [1.165, 1.54) is 0 Å². The molecule has 2 aliphatic heterocycles. The summed E-state index contributed by atoms with van der Waals surface area (Å²) in [4.78, 5) is 15.6. The monoisotopic (exact) mass is 477 g/mol. The Kier molecular flexibility index (Phi) is 5.51. The van der Waals surface area contributed by atoms with Gasteiger partial charge in [0.25, 0.3) is 5.91 Å². The predicted octanol–water partition coefficient (Wildman–Crippen LogP) is 4.96. The molecule has 1 aromatic heterocycles. The maximum atomic E-state index is 13.8. The molecule has 1 amide bonds. The van der Waals surface area contributed by atoms with Crippen molar-refractivity contribution in [3.63, 3.8) is 0 Å². The van der Waals surface area contributed by atoms with Gasteiger partial charge < -0.3 is 19.7 Å². The summed E-state index contributed by atoms with van der Waals surface area (Å²) in [5.74, 6) is 1.31. The number of para-hydroxylation sites is 1. The van der Waals surface area contributed by atoms with Crippen molar-refractivity contribution < 1.29 is 14.3 Å². The normalized spacial score (nSPS) is 15.8. The third-order valence-corrected chi connectivity index (χ3v) is 6.40. The van der Waals surface area contributed by atoms with Crippen LogP contribution >= 0.6 is 0 Å². The van der Waals surface area contributed by atoms with Crippen LogP contribution < -0.4 is 14.8 Å². The molecule has 0 radical (unpaired) electrons. The largest absolute Gasteiger partial charge is 0.454 e. The first-order valence-corrected chi connectivity index (χ1v) is 11.8. The highest BCUT2D eigenvalue weighted by Crippen LogP contribution is 2.39. The molecule has 4 aromatic rings. The second kappa shape index (κ2) is 9.12. The van der Waals surface area contributed by atoms with Crippen molar-refractivity contribution in [3.05, 3.63) is 95.7 Å². The SMILES string of the molecule is N#CCCn1cc([C@@H]2Nc3ccccc3C(=O)N2Cc2ccc3c(c2)OCO3)c(-c2ccccc2)n1. The van der Waals surface area contributed by atoms with E-state index in [0.717, 1.165) is 28.1 Å². The Morgan fingerprint density at radius 2 is 1.83 bits per heavy atom. The zero-order valence-electron chi connectivity index (χ0n) is 19.4. The van der Waals surface area contributed by atoms with Crippen LogP contribution in [0.5, 0.6) is 11.5 Å². The van der Waals surface area contributed by atoms with Gasteiger partial charge in [-0.15, -0.1) is 0 Å². The van der Waals surface area contributed by atoms with E-state index in [4.69, 9.17) is 19.8 Å². The van der Waals surface area contributed by atoms with Crippen molar-refractivity contribution in [2.45, 2.75) is 25.7 Å². The fraction of sp³-hybridized carbons (Fsp3) is 0.179. The van der Waals surface area contributed by atoms with Gasteiger partial charge in [-0.1, -0.05) is 48.5 Å². The van der Waals surface area contributed by atoms with Crippen LogP contribution in [0.3, 0.4) is 0 Å². The molecule has 0 unspecified atom stereocenters. The maximum Gasteiger partial charge on any atom is 0.258 e. The van der Waals surface area contributed by atoms with Crippen LogP contribution in [-0.2, 0) is 13.1 Å². The average Bonchev–Trinajstić information content (AvgIpc) is 3.56. The lowest BCUT2D eigenvalue weighted by molar-refractivity contribution is 0.0667. The second-order valence-electron chi connectivity index (χ2n) is 8.68. The van der Waals surface area contributed by atoms with Gasteiger partial charge in [0.05, 0.1) is 30.3 Å². The number of fused-ring (bicyclic) bond motifs is 2. The zero-order valence-corrected chi connectivity index (χ0v) is 19.4. The van der Waals surface area contributed by atoms with E-state index in [-0.39, 0.29) is 12.7 Å². The second-order valence-corrected chi connectivity index (χ2v) is 8.68. The molecular weight excluding hydrogens is 454 g/mol.